The zero-order valence-corrected chi connectivity index (χ0v) is 19.8. The molecule has 1 aliphatic rings. The highest BCUT2D eigenvalue weighted by molar-refractivity contribution is 5.82. The maximum atomic E-state index is 12.7. The largest absolute Gasteiger partial charge is 0.481 e. The van der Waals surface area contributed by atoms with Crippen LogP contribution < -0.4 is 5.32 Å². The number of aliphatic carboxylic acids is 1. The lowest BCUT2D eigenvalue weighted by Crippen LogP contribution is -2.44. The van der Waals surface area contributed by atoms with Gasteiger partial charge in [-0.05, 0) is 29.2 Å². The van der Waals surface area contributed by atoms with Gasteiger partial charge >= 0.3 is 12.1 Å². The molecule has 0 bridgehead atoms. The molecule has 0 heterocycles. The molecule has 182 valence electrons. The van der Waals surface area contributed by atoms with Crippen molar-refractivity contribution >= 4 is 18.0 Å². The summed E-state index contributed by atoms with van der Waals surface area (Å²) in [5.74, 6) is -1.97. The van der Waals surface area contributed by atoms with Crippen LogP contribution >= 0.6 is 0 Å². The zero-order valence-electron chi connectivity index (χ0n) is 19.8. The number of carboxylic acids is 1. The number of likely N-dealkylation sites (N-methyl/N-ethyl adjacent to an activating group) is 1. The van der Waals surface area contributed by atoms with Gasteiger partial charge < -0.3 is 24.8 Å². The number of ether oxygens (including phenoxy) is 2. The molecule has 2 N–H and O–H groups in total. The molecule has 0 spiro atoms. The Labute approximate surface area is 199 Å². The molecule has 34 heavy (non-hydrogen) atoms. The number of rotatable bonds is 11. The van der Waals surface area contributed by atoms with Crippen LogP contribution in [0.3, 0.4) is 0 Å². The van der Waals surface area contributed by atoms with Gasteiger partial charge in [-0.3, -0.25) is 9.59 Å². The van der Waals surface area contributed by atoms with Crippen LogP contribution in [0.2, 0.25) is 0 Å². The number of carbonyl (C=O) groups is 3. The van der Waals surface area contributed by atoms with Crippen molar-refractivity contribution in [2.75, 3.05) is 33.4 Å². The Hall–Kier alpha value is -3.39. The average molecular weight is 469 g/mol. The first-order valence-corrected chi connectivity index (χ1v) is 11.5. The molecule has 0 fully saturated rings. The summed E-state index contributed by atoms with van der Waals surface area (Å²) in [5.41, 5.74) is 4.59. The minimum atomic E-state index is -0.961. The number of fused-ring (bicyclic) bond motifs is 3. The molecule has 0 saturated carbocycles. The molecule has 0 aliphatic heterocycles. The van der Waals surface area contributed by atoms with E-state index in [4.69, 9.17) is 14.6 Å². The standard InChI is InChI=1S/C26H32N2O6/c1-4-28(15-17(2)25(30)31)24(29)23(33-3)13-14-27-26(32)34-16-22-20-11-7-5-9-18(20)19-10-6-8-12-21(19)22/h5-12,17,22-23H,4,13-16H2,1-3H3,(H,27,32)(H,30,31). The quantitative estimate of drug-likeness (QED) is 0.523. The fourth-order valence-electron chi connectivity index (χ4n) is 4.28. The summed E-state index contributed by atoms with van der Waals surface area (Å²) in [5, 5.41) is 11.8. The highest BCUT2D eigenvalue weighted by atomic mass is 16.5. The molecule has 0 radical (unpaired) electrons. The fraction of sp³-hybridized carbons (Fsp3) is 0.423. The number of carbonyl (C=O) groups excluding carboxylic acids is 2. The normalized spacial score (nSPS) is 14.0. The molecule has 3 rings (SSSR count). The van der Waals surface area contributed by atoms with E-state index in [0.29, 0.717) is 6.54 Å². The summed E-state index contributed by atoms with van der Waals surface area (Å²) >= 11 is 0. The highest BCUT2D eigenvalue weighted by Gasteiger charge is 2.29. The van der Waals surface area contributed by atoms with E-state index in [1.807, 2.05) is 24.3 Å². The highest BCUT2D eigenvalue weighted by Crippen LogP contribution is 2.44. The van der Waals surface area contributed by atoms with Gasteiger partial charge in [-0.2, -0.15) is 0 Å². The lowest BCUT2D eigenvalue weighted by Gasteiger charge is -2.27. The van der Waals surface area contributed by atoms with E-state index in [1.165, 1.54) is 12.0 Å². The van der Waals surface area contributed by atoms with Gasteiger partial charge in [0.2, 0.25) is 0 Å². The first-order chi connectivity index (χ1) is 16.4. The van der Waals surface area contributed by atoms with Gasteiger partial charge in [0, 0.05) is 39.1 Å². The zero-order chi connectivity index (χ0) is 24.7. The Morgan fingerprint density at radius 3 is 2.18 bits per heavy atom. The lowest BCUT2D eigenvalue weighted by atomic mass is 9.98. The van der Waals surface area contributed by atoms with E-state index in [9.17, 15) is 14.4 Å². The number of benzene rings is 2. The van der Waals surface area contributed by atoms with E-state index < -0.39 is 24.1 Å². The Morgan fingerprint density at radius 2 is 1.65 bits per heavy atom. The van der Waals surface area contributed by atoms with Gasteiger partial charge in [-0.25, -0.2) is 4.79 Å². The summed E-state index contributed by atoms with van der Waals surface area (Å²) in [6.07, 6.45) is -1.09. The third-order valence-electron chi connectivity index (χ3n) is 6.19. The first-order valence-electron chi connectivity index (χ1n) is 11.5. The molecule has 2 atom stereocenters. The number of methoxy groups -OCH3 is 1. The smallest absolute Gasteiger partial charge is 0.407 e. The number of carboxylic acid groups (broad SMARTS) is 1. The number of nitrogens with one attached hydrogen (secondary N) is 1. The van der Waals surface area contributed by atoms with Crippen molar-refractivity contribution in [1.82, 2.24) is 10.2 Å². The van der Waals surface area contributed by atoms with Crippen LogP contribution in [0, 0.1) is 5.92 Å². The minimum Gasteiger partial charge on any atom is -0.481 e. The molecule has 0 saturated heterocycles. The monoisotopic (exact) mass is 468 g/mol. The van der Waals surface area contributed by atoms with E-state index >= 15 is 0 Å². The van der Waals surface area contributed by atoms with Crippen molar-refractivity contribution in [2.24, 2.45) is 5.92 Å². The second-order valence-electron chi connectivity index (χ2n) is 8.38. The van der Waals surface area contributed by atoms with Crippen LogP contribution in [0.5, 0.6) is 0 Å². The molecular weight excluding hydrogens is 436 g/mol. The Bertz CT molecular complexity index is 978. The van der Waals surface area contributed by atoms with Crippen molar-refractivity contribution in [3.8, 4) is 11.1 Å². The lowest BCUT2D eigenvalue weighted by molar-refractivity contribution is -0.146. The van der Waals surface area contributed by atoms with Crippen molar-refractivity contribution < 1.29 is 29.0 Å². The van der Waals surface area contributed by atoms with Crippen LogP contribution in [0.25, 0.3) is 11.1 Å². The SMILES string of the molecule is CCN(CC(C)C(=O)O)C(=O)C(CCNC(=O)OCC1c2ccccc2-c2ccccc21)OC. The molecule has 1 aliphatic carbocycles. The summed E-state index contributed by atoms with van der Waals surface area (Å²) in [4.78, 5) is 37.7. The number of hydrogen-bond donors (Lipinski definition) is 2. The summed E-state index contributed by atoms with van der Waals surface area (Å²) in [6, 6.07) is 16.2. The van der Waals surface area contributed by atoms with Crippen LogP contribution in [0.15, 0.2) is 48.5 Å². The molecular formula is C26H32N2O6. The predicted octanol–water partition coefficient (Wildman–Crippen LogP) is 3.50. The van der Waals surface area contributed by atoms with Gasteiger partial charge in [0.15, 0.2) is 0 Å². The van der Waals surface area contributed by atoms with E-state index in [0.717, 1.165) is 22.3 Å². The summed E-state index contributed by atoms with van der Waals surface area (Å²) in [7, 11) is 1.42. The first kappa shape index (κ1) is 25.2. The van der Waals surface area contributed by atoms with Crippen LogP contribution in [-0.4, -0.2) is 67.4 Å². The second-order valence-corrected chi connectivity index (χ2v) is 8.38. The average Bonchev–Trinajstić information content (AvgIpc) is 3.17. The third kappa shape index (κ3) is 5.75. The van der Waals surface area contributed by atoms with E-state index in [1.54, 1.807) is 13.8 Å². The Balaban J connectivity index is 1.50. The van der Waals surface area contributed by atoms with Crippen LogP contribution in [0.4, 0.5) is 4.79 Å². The van der Waals surface area contributed by atoms with Crippen molar-refractivity contribution in [1.29, 1.82) is 0 Å². The van der Waals surface area contributed by atoms with E-state index in [-0.39, 0.29) is 37.9 Å². The van der Waals surface area contributed by atoms with Crippen molar-refractivity contribution in [3.05, 3.63) is 59.7 Å². The maximum Gasteiger partial charge on any atom is 0.407 e. The van der Waals surface area contributed by atoms with E-state index in [2.05, 4.69) is 29.6 Å². The predicted molar refractivity (Wildman–Crippen MR) is 128 cm³/mol. The molecule has 2 aromatic rings. The third-order valence-corrected chi connectivity index (χ3v) is 6.19. The minimum absolute atomic E-state index is 0.0270. The number of amides is 2. The maximum absolute atomic E-state index is 12.7. The molecule has 2 unspecified atom stereocenters. The topological polar surface area (TPSA) is 105 Å². The fourth-order valence-corrected chi connectivity index (χ4v) is 4.28. The molecule has 2 aromatic carbocycles. The number of hydrogen-bond acceptors (Lipinski definition) is 5. The van der Waals surface area contributed by atoms with Crippen LogP contribution in [0.1, 0.15) is 37.3 Å². The van der Waals surface area contributed by atoms with Gasteiger partial charge in [-0.1, -0.05) is 55.5 Å². The van der Waals surface area contributed by atoms with Gasteiger partial charge in [0.05, 0.1) is 5.92 Å². The Kier molecular flexibility index (Phi) is 8.65. The summed E-state index contributed by atoms with van der Waals surface area (Å²) in [6.45, 7) is 4.21. The number of alkyl carbamates (subject to hydrolysis) is 1. The molecule has 8 heteroatoms. The molecule has 0 aromatic heterocycles. The van der Waals surface area contributed by atoms with Gasteiger partial charge in [0.25, 0.3) is 5.91 Å². The second kappa shape index (κ2) is 11.7. The molecule has 2 amide bonds. The number of nitrogens with zero attached hydrogens (tertiary/aromatic N) is 1. The van der Waals surface area contributed by atoms with Crippen molar-refractivity contribution in [2.45, 2.75) is 32.3 Å². The Morgan fingerprint density at radius 1 is 1.06 bits per heavy atom. The van der Waals surface area contributed by atoms with Crippen molar-refractivity contribution in [3.63, 3.8) is 0 Å². The molecule has 8 nitrogen and oxygen atoms in total. The van der Waals surface area contributed by atoms with Gasteiger partial charge in [-0.15, -0.1) is 0 Å². The summed E-state index contributed by atoms with van der Waals surface area (Å²) < 4.78 is 10.8. The van der Waals surface area contributed by atoms with Crippen LogP contribution in [-0.2, 0) is 19.1 Å². The van der Waals surface area contributed by atoms with Gasteiger partial charge in [0.1, 0.15) is 12.7 Å².